The van der Waals surface area contributed by atoms with E-state index < -0.39 is 0 Å². The zero-order valence-corrected chi connectivity index (χ0v) is 16.1. The van der Waals surface area contributed by atoms with Crippen LogP contribution in [0.4, 0.5) is 5.69 Å². The number of rotatable bonds is 3. The zero-order valence-electron chi connectivity index (χ0n) is 16.1. The first-order valence-electron chi connectivity index (χ1n) is 10.1. The van der Waals surface area contributed by atoms with Crippen molar-refractivity contribution in [3.8, 4) is 0 Å². The summed E-state index contributed by atoms with van der Waals surface area (Å²) in [5, 5.41) is 6.50. The average Bonchev–Trinajstić information content (AvgIpc) is 3.23. The molecule has 0 radical (unpaired) electrons. The molecule has 6 nitrogen and oxygen atoms in total. The van der Waals surface area contributed by atoms with Gasteiger partial charge in [-0.2, -0.15) is 5.10 Å². The van der Waals surface area contributed by atoms with Gasteiger partial charge in [0.05, 0.1) is 5.69 Å². The average molecular weight is 368 g/mol. The van der Waals surface area contributed by atoms with E-state index >= 15 is 0 Å². The molecule has 0 spiro atoms. The van der Waals surface area contributed by atoms with E-state index in [1.807, 2.05) is 46.0 Å². The highest BCUT2D eigenvalue weighted by atomic mass is 16.2. The lowest BCUT2D eigenvalue weighted by Gasteiger charge is -2.27. The van der Waals surface area contributed by atoms with Crippen LogP contribution in [0.1, 0.15) is 55.8 Å². The van der Waals surface area contributed by atoms with Gasteiger partial charge in [0.2, 0.25) is 5.91 Å². The molecule has 4 rings (SSSR count). The second-order valence-electron chi connectivity index (χ2n) is 7.82. The summed E-state index contributed by atoms with van der Waals surface area (Å²) in [5.41, 5.74) is 2.91. The molecule has 6 heteroatoms. The number of anilines is 1. The predicted octanol–water partition coefficient (Wildman–Crippen LogP) is 2.89. The normalized spacial score (nSPS) is 23.6. The molecule has 0 aliphatic carbocycles. The standard InChI is InChI=1S/C21H28N4O2/c1-16-10-15-25(22-16)19-8-6-17(7-9-19)21(27)23-12-2-4-18(11-14-23)24-13-3-5-20(24)26/h6-9,18H,2-5,10-15H2,1H3. The molecule has 3 aliphatic rings. The molecule has 144 valence electrons. The monoisotopic (exact) mass is 368 g/mol. The first-order valence-corrected chi connectivity index (χ1v) is 10.1. The summed E-state index contributed by atoms with van der Waals surface area (Å²) in [6.07, 6.45) is 5.50. The van der Waals surface area contributed by atoms with Gasteiger partial charge in [-0.05, 0) is 56.9 Å². The molecule has 3 heterocycles. The molecule has 3 aliphatic heterocycles. The summed E-state index contributed by atoms with van der Waals surface area (Å²) in [5.74, 6) is 0.381. The van der Waals surface area contributed by atoms with E-state index in [0.717, 1.165) is 75.2 Å². The van der Waals surface area contributed by atoms with Crippen molar-refractivity contribution in [1.29, 1.82) is 0 Å². The van der Waals surface area contributed by atoms with Crippen LogP contribution >= 0.6 is 0 Å². The highest BCUT2D eigenvalue weighted by molar-refractivity contribution is 5.94. The smallest absolute Gasteiger partial charge is 0.253 e. The topological polar surface area (TPSA) is 56.2 Å². The predicted molar refractivity (Wildman–Crippen MR) is 106 cm³/mol. The van der Waals surface area contributed by atoms with Gasteiger partial charge in [-0.15, -0.1) is 0 Å². The summed E-state index contributed by atoms with van der Waals surface area (Å²) in [6, 6.07) is 8.09. The number of amides is 2. The molecule has 0 bridgehead atoms. The molecule has 0 saturated carbocycles. The SMILES string of the molecule is CC1=NN(c2ccc(C(=O)N3CCCC(N4CCCC4=O)CC3)cc2)CC1. The molecule has 27 heavy (non-hydrogen) atoms. The van der Waals surface area contributed by atoms with Crippen molar-refractivity contribution in [2.45, 2.75) is 51.5 Å². The molecule has 1 aromatic rings. The molecular formula is C21H28N4O2. The number of hydrogen-bond acceptors (Lipinski definition) is 4. The van der Waals surface area contributed by atoms with Crippen LogP contribution in [0.2, 0.25) is 0 Å². The third kappa shape index (κ3) is 3.84. The molecule has 1 unspecified atom stereocenters. The van der Waals surface area contributed by atoms with Crippen LogP contribution in [0.25, 0.3) is 0 Å². The minimum absolute atomic E-state index is 0.0936. The summed E-state index contributed by atoms with van der Waals surface area (Å²) in [6.45, 7) is 5.33. The highest BCUT2D eigenvalue weighted by Gasteiger charge is 2.30. The number of hydrogen-bond donors (Lipinski definition) is 0. The Morgan fingerprint density at radius 3 is 2.48 bits per heavy atom. The van der Waals surface area contributed by atoms with E-state index in [-0.39, 0.29) is 11.8 Å². The Kier molecular flexibility index (Phi) is 5.14. The fraction of sp³-hybridized carbons (Fsp3) is 0.571. The molecule has 0 N–H and O–H groups in total. The second-order valence-corrected chi connectivity index (χ2v) is 7.82. The quantitative estimate of drug-likeness (QED) is 0.824. The van der Waals surface area contributed by atoms with Crippen molar-refractivity contribution in [2.24, 2.45) is 5.10 Å². The van der Waals surface area contributed by atoms with Gasteiger partial charge < -0.3 is 9.80 Å². The van der Waals surface area contributed by atoms with Crippen LogP contribution in [0.5, 0.6) is 0 Å². The van der Waals surface area contributed by atoms with E-state index in [9.17, 15) is 9.59 Å². The van der Waals surface area contributed by atoms with Gasteiger partial charge in [-0.25, -0.2) is 0 Å². The summed E-state index contributed by atoms with van der Waals surface area (Å²) >= 11 is 0. The number of likely N-dealkylation sites (tertiary alicyclic amines) is 2. The molecule has 1 aromatic carbocycles. The van der Waals surface area contributed by atoms with E-state index in [2.05, 4.69) is 5.10 Å². The van der Waals surface area contributed by atoms with Gasteiger partial charge in [0.15, 0.2) is 0 Å². The maximum absolute atomic E-state index is 12.9. The number of carbonyl (C=O) groups is 2. The van der Waals surface area contributed by atoms with E-state index in [1.165, 1.54) is 0 Å². The maximum atomic E-state index is 12.9. The fourth-order valence-electron chi connectivity index (χ4n) is 4.37. The first-order chi connectivity index (χ1) is 13.1. The van der Waals surface area contributed by atoms with E-state index in [4.69, 9.17) is 0 Å². The molecule has 2 fully saturated rings. The third-order valence-electron chi connectivity index (χ3n) is 5.92. The van der Waals surface area contributed by atoms with Crippen molar-refractivity contribution in [2.75, 3.05) is 31.2 Å². The fourth-order valence-corrected chi connectivity index (χ4v) is 4.37. The van der Waals surface area contributed by atoms with Gasteiger partial charge in [-0.3, -0.25) is 14.6 Å². The summed E-state index contributed by atoms with van der Waals surface area (Å²) in [7, 11) is 0. The second kappa shape index (κ2) is 7.71. The van der Waals surface area contributed by atoms with Gasteiger partial charge in [0.25, 0.3) is 5.91 Å². The van der Waals surface area contributed by atoms with Gasteiger partial charge in [-0.1, -0.05) is 0 Å². The Bertz CT molecular complexity index is 743. The van der Waals surface area contributed by atoms with Crippen LogP contribution in [0.3, 0.4) is 0 Å². The minimum atomic E-state index is 0.0936. The van der Waals surface area contributed by atoms with Crippen LogP contribution in [-0.2, 0) is 4.79 Å². The summed E-state index contributed by atoms with van der Waals surface area (Å²) < 4.78 is 0. The zero-order chi connectivity index (χ0) is 18.8. The minimum Gasteiger partial charge on any atom is -0.340 e. The number of carbonyl (C=O) groups excluding carboxylic acids is 2. The maximum Gasteiger partial charge on any atom is 0.253 e. The Morgan fingerprint density at radius 2 is 1.81 bits per heavy atom. The lowest BCUT2D eigenvalue weighted by molar-refractivity contribution is -0.129. The van der Waals surface area contributed by atoms with Crippen molar-refractivity contribution >= 4 is 23.2 Å². The number of nitrogens with zero attached hydrogens (tertiary/aromatic N) is 4. The van der Waals surface area contributed by atoms with Gasteiger partial charge in [0, 0.05) is 56.3 Å². The van der Waals surface area contributed by atoms with Gasteiger partial charge >= 0.3 is 0 Å². The first kappa shape index (κ1) is 18.0. The van der Waals surface area contributed by atoms with Crippen molar-refractivity contribution in [3.05, 3.63) is 29.8 Å². The summed E-state index contributed by atoms with van der Waals surface area (Å²) in [4.78, 5) is 28.9. The molecule has 0 aromatic heterocycles. The Labute approximate surface area is 160 Å². The molecule has 2 amide bonds. The third-order valence-corrected chi connectivity index (χ3v) is 5.92. The lowest BCUT2D eigenvalue weighted by atomic mass is 10.1. The molecule has 2 saturated heterocycles. The van der Waals surface area contributed by atoms with Crippen LogP contribution in [0.15, 0.2) is 29.4 Å². The van der Waals surface area contributed by atoms with E-state index in [0.29, 0.717) is 12.5 Å². The van der Waals surface area contributed by atoms with Crippen molar-refractivity contribution in [3.63, 3.8) is 0 Å². The Morgan fingerprint density at radius 1 is 1.00 bits per heavy atom. The number of hydrazone groups is 1. The highest BCUT2D eigenvalue weighted by Crippen LogP contribution is 2.24. The van der Waals surface area contributed by atoms with Crippen molar-refractivity contribution in [1.82, 2.24) is 9.80 Å². The molecule has 1 atom stereocenters. The van der Waals surface area contributed by atoms with Crippen molar-refractivity contribution < 1.29 is 9.59 Å². The van der Waals surface area contributed by atoms with Gasteiger partial charge in [0.1, 0.15) is 0 Å². The van der Waals surface area contributed by atoms with Crippen LogP contribution in [0, 0.1) is 0 Å². The van der Waals surface area contributed by atoms with E-state index in [1.54, 1.807) is 0 Å². The molecular weight excluding hydrogens is 340 g/mol. The number of benzene rings is 1. The van der Waals surface area contributed by atoms with Crippen LogP contribution in [-0.4, -0.2) is 59.5 Å². The largest absolute Gasteiger partial charge is 0.340 e. The Hall–Kier alpha value is -2.37. The lowest BCUT2D eigenvalue weighted by Crippen LogP contribution is -2.37. The van der Waals surface area contributed by atoms with Crippen LogP contribution < -0.4 is 5.01 Å². The Balaban J connectivity index is 1.38.